The summed E-state index contributed by atoms with van der Waals surface area (Å²) in [7, 11) is 0. The Hall–Kier alpha value is -1.59. The van der Waals surface area contributed by atoms with Gasteiger partial charge in [0, 0.05) is 4.91 Å². The van der Waals surface area contributed by atoms with E-state index in [4.69, 9.17) is 15.4 Å². The molecule has 0 heterocycles. The molecule has 6 heteroatoms. The van der Waals surface area contributed by atoms with Crippen molar-refractivity contribution in [2.75, 3.05) is 13.2 Å². The first-order valence-corrected chi connectivity index (χ1v) is 5.71. The fourth-order valence-corrected chi connectivity index (χ4v) is 1.50. The SMILES string of the molecule is [N-]=[N+]=N[C@@H](COCc1ccccc1)C[C@@H](O)CO. The highest BCUT2D eigenvalue weighted by molar-refractivity contribution is 5.13. The Kier molecular flexibility index (Phi) is 6.83. The third-order valence-electron chi connectivity index (χ3n) is 2.39. The Balaban J connectivity index is 2.36. The molecule has 0 fully saturated rings. The van der Waals surface area contributed by atoms with E-state index in [2.05, 4.69) is 10.0 Å². The fraction of sp³-hybridized carbons (Fsp3) is 0.500. The van der Waals surface area contributed by atoms with E-state index < -0.39 is 12.1 Å². The molecule has 0 aliphatic heterocycles. The maximum absolute atomic E-state index is 9.28. The Morgan fingerprint density at radius 3 is 2.67 bits per heavy atom. The summed E-state index contributed by atoms with van der Waals surface area (Å²) in [5, 5.41) is 21.5. The van der Waals surface area contributed by atoms with Crippen LogP contribution in [0.1, 0.15) is 12.0 Å². The molecule has 0 aliphatic carbocycles. The summed E-state index contributed by atoms with van der Waals surface area (Å²) >= 11 is 0. The van der Waals surface area contributed by atoms with Crippen molar-refractivity contribution < 1.29 is 14.9 Å². The number of hydrogen-bond donors (Lipinski definition) is 2. The van der Waals surface area contributed by atoms with Gasteiger partial charge in [0.25, 0.3) is 0 Å². The zero-order chi connectivity index (χ0) is 13.2. The molecule has 0 saturated carbocycles. The van der Waals surface area contributed by atoms with E-state index in [1.165, 1.54) is 0 Å². The molecule has 0 saturated heterocycles. The van der Waals surface area contributed by atoms with Crippen LogP contribution in [-0.2, 0) is 11.3 Å². The zero-order valence-electron chi connectivity index (χ0n) is 10.0. The smallest absolute Gasteiger partial charge is 0.0775 e. The van der Waals surface area contributed by atoms with Crippen molar-refractivity contribution in [1.29, 1.82) is 0 Å². The molecule has 0 aromatic heterocycles. The molecule has 0 amide bonds. The van der Waals surface area contributed by atoms with Crippen molar-refractivity contribution in [2.24, 2.45) is 5.11 Å². The molecule has 1 rings (SSSR count). The third-order valence-corrected chi connectivity index (χ3v) is 2.39. The summed E-state index contributed by atoms with van der Waals surface area (Å²) in [6.07, 6.45) is -0.698. The number of azide groups is 1. The molecule has 0 unspecified atom stereocenters. The van der Waals surface area contributed by atoms with E-state index >= 15 is 0 Å². The van der Waals surface area contributed by atoms with Gasteiger partial charge in [-0.25, -0.2) is 0 Å². The molecule has 0 spiro atoms. The molecule has 0 bridgehead atoms. The second-order valence-electron chi connectivity index (χ2n) is 3.93. The minimum atomic E-state index is -0.888. The van der Waals surface area contributed by atoms with Gasteiger partial charge >= 0.3 is 0 Å². The summed E-state index contributed by atoms with van der Waals surface area (Å²) in [6, 6.07) is 9.15. The van der Waals surface area contributed by atoms with E-state index in [0.717, 1.165) is 5.56 Å². The normalized spacial score (nSPS) is 13.7. The van der Waals surface area contributed by atoms with Gasteiger partial charge in [0.05, 0.1) is 32.0 Å². The van der Waals surface area contributed by atoms with Gasteiger partial charge in [0.1, 0.15) is 0 Å². The van der Waals surface area contributed by atoms with Gasteiger partial charge < -0.3 is 14.9 Å². The van der Waals surface area contributed by atoms with Gasteiger partial charge in [-0.05, 0) is 17.5 Å². The minimum Gasteiger partial charge on any atom is -0.394 e. The molecule has 0 aliphatic rings. The molecule has 6 nitrogen and oxygen atoms in total. The first kappa shape index (κ1) is 14.5. The van der Waals surface area contributed by atoms with Crippen molar-refractivity contribution in [3.8, 4) is 0 Å². The van der Waals surface area contributed by atoms with Gasteiger partial charge in [0.2, 0.25) is 0 Å². The summed E-state index contributed by atoms with van der Waals surface area (Å²) < 4.78 is 5.42. The summed E-state index contributed by atoms with van der Waals surface area (Å²) in [6.45, 7) is 0.291. The van der Waals surface area contributed by atoms with Crippen LogP contribution < -0.4 is 0 Å². The maximum atomic E-state index is 9.28. The van der Waals surface area contributed by atoms with Crippen LogP contribution in [0.4, 0.5) is 0 Å². The van der Waals surface area contributed by atoms with Crippen LogP contribution >= 0.6 is 0 Å². The van der Waals surface area contributed by atoms with Gasteiger partial charge in [-0.3, -0.25) is 0 Å². The highest BCUT2D eigenvalue weighted by Crippen LogP contribution is 2.07. The molecule has 0 radical (unpaired) electrons. The highest BCUT2D eigenvalue weighted by Gasteiger charge is 2.12. The standard InChI is InChI=1S/C12H17N3O3/c13-15-14-11(6-12(17)7-16)9-18-8-10-4-2-1-3-5-10/h1-5,11-12,16-17H,6-9H2/t11-,12-/m1/s1. The van der Waals surface area contributed by atoms with Crippen LogP contribution in [0.25, 0.3) is 10.4 Å². The van der Waals surface area contributed by atoms with E-state index in [0.29, 0.717) is 6.61 Å². The number of aliphatic hydroxyl groups is 2. The number of nitrogens with zero attached hydrogens (tertiary/aromatic N) is 3. The number of rotatable bonds is 8. The molecule has 98 valence electrons. The number of aliphatic hydroxyl groups excluding tert-OH is 2. The molecular formula is C12H17N3O3. The summed E-state index contributed by atoms with van der Waals surface area (Å²) in [5.74, 6) is 0. The second-order valence-corrected chi connectivity index (χ2v) is 3.93. The first-order chi connectivity index (χ1) is 8.76. The molecule has 18 heavy (non-hydrogen) atoms. The average molecular weight is 251 g/mol. The van der Waals surface area contributed by atoms with Crippen molar-refractivity contribution in [3.63, 3.8) is 0 Å². The minimum absolute atomic E-state index is 0.190. The van der Waals surface area contributed by atoms with E-state index in [1.54, 1.807) is 0 Å². The quantitative estimate of drug-likeness (QED) is 0.417. The van der Waals surface area contributed by atoms with Crippen LogP contribution in [0, 0.1) is 0 Å². The summed E-state index contributed by atoms with van der Waals surface area (Å²) in [4.78, 5) is 2.70. The lowest BCUT2D eigenvalue weighted by Crippen LogP contribution is -2.23. The lowest BCUT2D eigenvalue weighted by molar-refractivity contribution is 0.0573. The third kappa shape index (κ3) is 5.65. The van der Waals surface area contributed by atoms with Gasteiger partial charge in [-0.2, -0.15) is 0 Å². The largest absolute Gasteiger partial charge is 0.394 e. The molecule has 2 N–H and O–H groups in total. The van der Waals surface area contributed by atoms with Crippen molar-refractivity contribution in [3.05, 3.63) is 46.3 Å². The zero-order valence-corrected chi connectivity index (χ0v) is 10.0. The van der Waals surface area contributed by atoms with E-state index in [-0.39, 0.29) is 19.6 Å². The topological polar surface area (TPSA) is 98.5 Å². The van der Waals surface area contributed by atoms with Crippen LogP contribution in [-0.4, -0.2) is 35.6 Å². The second kappa shape index (κ2) is 8.49. The Labute approximate surface area is 105 Å². The van der Waals surface area contributed by atoms with E-state index in [1.807, 2.05) is 30.3 Å². The maximum Gasteiger partial charge on any atom is 0.0775 e. The van der Waals surface area contributed by atoms with Crippen LogP contribution in [0.5, 0.6) is 0 Å². The average Bonchev–Trinajstić information content (AvgIpc) is 2.40. The van der Waals surface area contributed by atoms with Crippen molar-refractivity contribution >= 4 is 0 Å². The van der Waals surface area contributed by atoms with Gasteiger partial charge in [-0.15, -0.1) is 0 Å². The Morgan fingerprint density at radius 1 is 1.33 bits per heavy atom. The summed E-state index contributed by atoms with van der Waals surface area (Å²) in [5.41, 5.74) is 9.42. The molecule has 2 atom stereocenters. The molecular weight excluding hydrogens is 234 g/mol. The number of benzene rings is 1. The van der Waals surface area contributed by atoms with Crippen molar-refractivity contribution in [1.82, 2.24) is 0 Å². The van der Waals surface area contributed by atoms with Gasteiger partial charge in [0.15, 0.2) is 0 Å². The van der Waals surface area contributed by atoms with Crippen LogP contribution in [0.3, 0.4) is 0 Å². The van der Waals surface area contributed by atoms with E-state index in [9.17, 15) is 5.11 Å². The lowest BCUT2D eigenvalue weighted by Gasteiger charge is -2.14. The van der Waals surface area contributed by atoms with Crippen LogP contribution in [0.15, 0.2) is 35.4 Å². The highest BCUT2D eigenvalue weighted by atomic mass is 16.5. The Morgan fingerprint density at radius 2 is 2.06 bits per heavy atom. The number of ether oxygens (including phenoxy) is 1. The lowest BCUT2D eigenvalue weighted by atomic mass is 10.1. The Bertz CT molecular complexity index is 379. The fourth-order valence-electron chi connectivity index (χ4n) is 1.50. The van der Waals surface area contributed by atoms with Gasteiger partial charge in [-0.1, -0.05) is 35.4 Å². The predicted octanol–water partition coefficient (Wildman–Crippen LogP) is 1.63. The molecule has 1 aromatic carbocycles. The van der Waals surface area contributed by atoms with Crippen LogP contribution in [0.2, 0.25) is 0 Å². The predicted molar refractivity (Wildman–Crippen MR) is 66.7 cm³/mol. The number of hydrogen-bond acceptors (Lipinski definition) is 4. The first-order valence-electron chi connectivity index (χ1n) is 5.71. The monoisotopic (exact) mass is 251 g/mol. The van der Waals surface area contributed by atoms with Crippen molar-refractivity contribution in [2.45, 2.75) is 25.2 Å². The molecule has 1 aromatic rings.